The van der Waals surface area contributed by atoms with Crippen LogP contribution in [0.5, 0.6) is 0 Å². The van der Waals surface area contributed by atoms with E-state index in [0.717, 1.165) is 31.2 Å². The van der Waals surface area contributed by atoms with Gasteiger partial charge in [-0.25, -0.2) is 4.79 Å². The fourth-order valence-corrected chi connectivity index (χ4v) is 3.33. The molecule has 0 unspecified atom stereocenters. The average molecular weight is 365 g/mol. The molecule has 0 saturated heterocycles. The number of hydrogen-bond acceptors (Lipinski definition) is 3. The molecule has 3 rings (SSSR count). The number of nitrogens with one attached hydrogen (secondary N) is 1. The van der Waals surface area contributed by atoms with E-state index in [2.05, 4.69) is 29.6 Å². The molecule has 2 aromatic rings. The molecule has 0 aliphatic heterocycles. The first-order chi connectivity index (χ1) is 13.1. The summed E-state index contributed by atoms with van der Waals surface area (Å²) >= 11 is 0. The van der Waals surface area contributed by atoms with Crippen LogP contribution in [0.1, 0.15) is 60.0 Å². The van der Waals surface area contributed by atoms with E-state index in [1.165, 1.54) is 12.0 Å². The molecule has 0 aromatic heterocycles. The van der Waals surface area contributed by atoms with Gasteiger partial charge >= 0.3 is 5.97 Å². The normalized spacial score (nSPS) is 14.6. The van der Waals surface area contributed by atoms with Crippen LogP contribution in [0.4, 0.5) is 5.69 Å². The van der Waals surface area contributed by atoms with Gasteiger partial charge in [-0.2, -0.15) is 0 Å². The van der Waals surface area contributed by atoms with Crippen LogP contribution in [-0.2, 0) is 16.0 Å². The minimum Gasteiger partial charge on any atom is -0.459 e. The highest BCUT2D eigenvalue weighted by Gasteiger charge is 2.18. The molecule has 2 aromatic carbocycles. The van der Waals surface area contributed by atoms with Crippen molar-refractivity contribution in [2.24, 2.45) is 0 Å². The summed E-state index contributed by atoms with van der Waals surface area (Å²) < 4.78 is 5.57. The summed E-state index contributed by atoms with van der Waals surface area (Å²) in [6, 6.07) is 15.1. The number of ether oxygens (including phenoxy) is 1. The monoisotopic (exact) mass is 365 g/mol. The summed E-state index contributed by atoms with van der Waals surface area (Å²) in [5, 5.41) is 2.88. The Morgan fingerprint density at radius 2 is 1.63 bits per heavy atom. The Bertz CT molecular complexity index is 759. The summed E-state index contributed by atoms with van der Waals surface area (Å²) in [6.07, 6.45) is 6.59. The van der Waals surface area contributed by atoms with Crippen molar-refractivity contribution in [1.29, 1.82) is 0 Å². The van der Waals surface area contributed by atoms with Gasteiger partial charge in [0.15, 0.2) is 0 Å². The third-order valence-electron chi connectivity index (χ3n) is 4.99. The molecule has 1 aliphatic rings. The molecule has 0 heterocycles. The summed E-state index contributed by atoms with van der Waals surface area (Å²) in [5.41, 5.74) is 3.58. The van der Waals surface area contributed by atoms with Crippen LogP contribution in [0, 0.1) is 6.92 Å². The van der Waals surface area contributed by atoms with Crippen molar-refractivity contribution in [3.05, 3.63) is 65.2 Å². The highest BCUT2D eigenvalue weighted by atomic mass is 16.5. The Labute approximate surface area is 160 Å². The summed E-state index contributed by atoms with van der Waals surface area (Å²) in [5.74, 6) is -0.313. The summed E-state index contributed by atoms with van der Waals surface area (Å²) in [4.78, 5) is 24.4. The van der Waals surface area contributed by atoms with Gasteiger partial charge in [-0.3, -0.25) is 4.79 Å². The molecule has 27 heavy (non-hydrogen) atoms. The number of benzene rings is 2. The van der Waals surface area contributed by atoms with Crippen molar-refractivity contribution in [2.75, 3.05) is 5.32 Å². The molecule has 4 heteroatoms. The average Bonchev–Trinajstić information content (AvgIpc) is 2.69. The number of amides is 1. The largest absolute Gasteiger partial charge is 0.459 e. The number of rotatable bonds is 6. The van der Waals surface area contributed by atoms with Gasteiger partial charge in [-0.05, 0) is 68.9 Å². The third-order valence-corrected chi connectivity index (χ3v) is 4.99. The summed E-state index contributed by atoms with van der Waals surface area (Å²) in [7, 11) is 0. The van der Waals surface area contributed by atoms with Crippen LogP contribution >= 0.6 is 0 Å². The zero-order valence-electron chi connectivity index (χ0n) is 15.9. The zero-order chi connectivity index (χ0) is 19.1. The number of hydrogen-bond donors (Lipinski definition) is 1. The summed E-state index contributed by atoms with van der Waals surface area (Å²) in [6.45, 7) is 2.05. The van der Waals surface area contributed by atoms with E-state index < -0.39 is 0 Å². The first kappa shape index (κ1) is 19.2. The Morgan fingerprint density at radius 1 is 0.963 bits per heavy atom. The molecule has 0 bridgehead atoms. The smallest absolute Gasteiger partial charge is 0.338 e. The standard InChI is InChI=1S/C23H27NO3/c1-17-7-9-18(10-8-17)11-16-22(25)24-20-14-12-19(13-15-20)23(26)27-21-5-3-2-4-6-21/h7-10,12-15,21H,2-6,11,16H2,1H3,(H,24,25). The Morgan fingerprint density at radius 3 is 2.30 bits per heavy atom. The molecule has 4 nitrogen and oxygen atoms in total. The van der Waals surface area contributed by atoms with Crippen LogP contribution in [-0.4, -0.2) is 18.0 Å². The van der Waals surface area contributed by atoms with Crippen LogP contribution in [0.2, 0.25) is 0 Å². The van der Waals surface area contributed by atoms with E-state index >= 15 is 0 Å². The van der Waals surface area contributed by atoms with Crippen molar-refractivity contribution in [2.45, 2.75) is 58.0 Å². The molecule has 0 atom stereocenters. The lowest BCUT2D eigenvalue weighted by molar-refractivity contribution is -0.116. The van der Waals surface area contributed by atoms with E-state index in [-0.39, 0.29) is 18.0 Å². The molecule has 1 amide bonds. The van der Waals surface area contributed by atoms with Crippen molar-refractivity contribution in [3.8, 4) is 0 Å². The van der Waals surface area contributed by atoms with Gasteiger partial charge in [0.1, 0.15) is 6.10 Å². The molecule has 1 saturated carbocycles. The quantitative estimate of drug-likeness (QED) is 0.728. The maximum atomic E-state index is 12.2. The lowest BCUT2D eigenvalue weighted by atomic mass is 9.98. The number of carbonyl (C=O) groups excluding carboxylic acids is 2. The second-order valence-corrected chi connectivity index (χ2v) is 7.28. The predicted molar refractivity (Wildman–Crippen MR) is 107 cm³/mol. The second kappa shape index (κ2) is 9.36. The molecular formula is C23H27NO3. The number of anilines is 1. The molecule has 0 radical (unpaired) electrons. The first-order valence-electron chi connectivity index (χ1n) is 9.76. The maximum Gasteiger partial charge on any atom is 0.338 e. The fourth-order valence-electron chi connectivity index (χ4n) is 3.33. The molecule has 0 spiro atoms. The van der Waals surface area contributed by atoms with Crippen LogP contribution in [0.25, 0.3) is 0 Å². The van der Waals surface area contributed by atoms with Gasteiger partial charge in [0, 0.05) is 12.1 Å². The maximum absolute atomic E-state index is 12.2. The Hall–Kier alpha value is -2.62. The first-order valence-corrected chi connectivity index (χ1v) is 9.76. The molecule has 1 N–H and O–H groups in total. The van der Waals surface area contributed by atoms with E-state index in [4.69, 9.17) is 4.74 Å². The SMILES string of the molecule is Cc1ccc(CCC(=O)Nc2ccc(C(=O)OC3CCCCC3)cc2)cc1. The van der Waals surface area contributed by atoms with Crippen molar-refractivity contribution in [1.82, 2.24) is 0 Å². The number of carbonyl (C=O) groups is 2. The van der Waals surface area contributed by atoms with Gasteiger partial charge in [0.05, 0.1) is 5.56 Å². The van der Waals surface area contributed by atoms with Gasteiger partial charge < -0.3 is 10.1 Å². The van der Waals surface area contributed by atoms with Gasteiger partial charge in [-0.1, -0.05) is 36.2 Å². The lowest BCUT2D eigenvalue weighted by Gasteiger charge is -2.21. The Kier molecular flexibility index (Phi) is 6.64. The van der Waals surface area contributed by atoms with E-state index in [1.54, 1.807) is 24.3 Å². The van der Waals surface area contributed by atoms with E-state index in [0.29, 0.717) is 24.1 Å². The highest BCUT2D eigenvalue weighted by molar-refractivity contribution is 5.93. The predicted octanol–water partition coefficient (Wildman–Crippen LogP) is 5.06. The van der Waals surface area contributed by atoms with Crippen LogP contribution < -0.4 is 5.32 Å². The van der Waals surface area contributed by atoms with Crippen molar-refractivity contribution < 1.29 is 14.3 Å². The fraction of sp³-hybridized carbons (Fsp3) is 0.391. The van der Waals surface area contributed by atoms with Crippen molar-refractivity contribution >= 4 is 17.6 Å². The number of aryl methyl sites for hydroxylation is 2. The van der Waals surface area contributed by atoms with Crippen LogP contribution in [0.15, 0.2) is 48.5 Å². The second-order valence-electron chi connectivity index (χ2n) is 7.28. The Balaban J connectivity index is 1.47. The van der Waals surface area contributed by atoms with E-state index in [1.807, 2.05) is 6.92 Å². The zero-order valence-corrected chi connectivity index (χ0v) is 15.9. The lowest BCUT2D eigenvalue weighted by Crippen LogP contribution is -2.21. The van der Waals surface area contributed by atoms with Gasteiger partial charge in [0.2, 0.25) is 5.91 Å². The molecule has 142 valence electrons. The minimum absolute atomic E-state index is 0.0342. The molecule has 1 aliphatic carbocycles. The molecule has 1 fully saturated rings. The number of esters is 1. The van der Waals surface area contributed by atoms with E-state index in [9.17, 15) is 9.59 Å². The highest BCUT2D eigenvalue weighted by Crippen LogP contribution is 2.22. The van der Waals surface area contributed by atoms with Crippen LogP contribution in [0.3, 0.4) is 0 Å². The van der Waals surface area contributed by atoms with Crippen molar-refractivity contribution in [3.63, 3.8) is 0 Å². The van der Waals surface area contributed by atoms with Gasteiger partial charge in [-0.15, -0.1) is 0 Å². The topological polar surface area (TPSA) is 55.4 Å². The molecular weight excluding hydrogens is 338 g/mol. The minimum atomic E-state index is -0.279. The third kappa shape index (κ3) is 5.95. The van der Waals surface area contributed by atoms with Gasteiger partial charge in [0.25, 0.3) is 0 Å².